The molecule has 1 fully saturated rings. The monoisotopic (exact) mass is 338 g/mol. The number of carbonyl (C=O) groups is 2. The van der Waals surface area contributed by atoms with Gasteiger partial charge in [0.15, 0.2) is 11.9 Å². The Bertz CT molecular complexity index is 766. The first-order valence-corrected chi connectivity index (χ1v) is 8.64. The van der Waals surface area contributed by atoms with Gasteiger partial charge in [-0.3, -0.25) is 4.79 Å². The Morgan fingerprint density at radius 2 is 1.96 bits per heavy atom. The third kappa shape index (κ3) is 4.69. The van der Waals surface area contributed by atoms with E-state index in [1.807, 2.05) is 25.1 Å². The lowest BCUT2D eigenvalue weighted by Gasteiger charge is -2.20. The fourth-order valence-corrected chi connectivity index (χ4v) is 2.95. The number of hydrogen-bond acceptors (Lipinski definition) is 4. The molecular formula is C21H22O4. The lowest BCUT2D eigenvalue weighted by atomic mass is 9.96. The second kappa shape index (κ2) is 7.97. The first kappa shape index (κ1) is 17.2. The van der Waals surface area contributed by atoms with Crippen molar-refractivity contribution in [3.05, 3.63) is 65.2 Å². The summed E-state index contributed by atoms with van der Waals surface area (Å²) in [6.07, 6.45) is 2.32. The summed E-state index contributed by atoms with van der Waals surface area (Å²) in [5, 5.41) is 0. The van der Waals surface area contributed by atoms with Gasteiger partial charge >= 0.3 is 5.97 Å². The van der Waals surface area contributed by atoms with Crippen LogP contribution in [0.5, 0.6) is 5.75 Å². The zero-order chi connectivity index (χ0) is 17.6. The van der Waals surface area contributed by atoms with Gasteiger partial charge in [0.1, 0.15) is 12.4 Å². The van der Waals surface area contributed by atoms with E-state index in [9.17, 15) is 9.59 Å². The highest BCUT2D eigenvalue weighted by molar-refractivity contribution is 5.93. The molecule has 1 saturated carbocycles. The summed E-state index contributed by atoms with van der Waals surface area (Å²) < 4.78 is 11.2. The molecule has 0 heterocycles. The first-order chi connectivity index (χ1) is 12.1. The van der Waals surface area contributed by atoms with Crippen LogP contribution in [0.25, 0.3) is 0 Å². The molecule has 3 rings (SSSR count). The van der Waals surface area contributed by atoms with E-state index < -0.39 is 12.1 Å². The maximum atomic E-state index is 12.3. The molecule has 130 valence electrons. The van der Waals surface area contributed by atoms with Gasteiger partial charge < -0.3 is 9.47 Å². The topological polar surface area (TPSA) is 52.6 Å². The molecule has 4 nitrogen and oxygen atoms in total. The van der Waals surface area contributed by atoms with Gasteiger partial charge in [0, 0.05) is 6.42 Å². The van der Waals surface area contributed by atoms with Crippen LogP contribution in [0.15, 0.2) is 48.5 Å². The SMILES string of the molecule is Cc1cccc(COc2cccc(C(=O)OC3CCCCC3=O)c2)c1. The zero-order valence-electron chi connectivity index (χ0n) is 14.4. The molecule has 4 heteroatoms. The highest BCUT2D eigenvalue weighted by Crippen LogP contribution is 2.21. The molecule has 0 N–H and O–H groups in total. The maximum Gasteiger partial charge on any atom is 0.338 e. The number of ketones is 1. The molecule has 0 bridgehead atoms. The fourth-order valence-electron chi connectivity index (χ4n) is 2.95. The largest absolute Gasteiger partial charge is 0.489 e. The second-order valence-corrected chi connectivity index (χ2v) is 6.41. The highest BCUT2D eigenvalue weighted by Gasteiger charge is 2.26. The number of ether oxygens (including phenoxy) is 2. The lowest BCUT2D eigenvalue weighted by Crippen LogP contribution is -2.30. The summed E-state index contributed by atoms with van der Waals surface area (Å²) >= 11 is 0. The summed E-state index contributed by atoms with van der Waals surface area (Å²) in [7, 11) is 0. The molecule has 2 aromatic carbocycles. The molecule has 1 atom stereocenters. The number of Topliss-reactive ketones (excluding diaryl/α,β-unsaturated/α-hetero) is 1. The van der Waals surface area contributed by atoms with Crippen LogP contribution in [0.4, 0.5) is 0 Å². The molecule has 2 aromatic rings. The minimum absolute atomic E-state index is 0.0199. The number of carbonyl (C=O) groups excluding carboxylic acids is 2. The normalized spacial score (nSPS) is 17.2. The van der Waals surface area contributed by atoms with Crippen LogP contribution in [0.3, 0.4) is 0 Å². The molecule has 25 heavy (non-hydrogen) atoms. The van der Waals surface area contributed by atoms with Gasteiger partial charge in [-0.05, 0) is 49.9 Å². The van der Waals surface area contributed by atoms with Gasteiger partial charge in [-0.1, -0.05) is 35.9 Å². The lowest BCUT2D eigenvalue weighted by molar-refractivity contribution is -0.129. The summed E-state index contributed by atoms with van der Waals surface area (Å²) in [4.78, 5) is 24.1. The van der Waals surface area contributed by atoms with Crippen molar-refractivity contribution in [1.82, 2.24) is 0 Å². The Kier molecular flexibility index (Phi) is 5.49. The third-order valence-electron chi connectivity index (χ3n) is 4.31. The van der Waals surface area contributed by atoms with Crippen LogP contribution in [-0.2, 0) is 16.1 Å². The molecule has 1 aliphatic carbocycles. The molecule has 0 amide bonds. The summed E-state index contributed by atoms with van der Waals surface area (Å²) in [5.74, 6) is 0.152. The fraction of sp³-hybridized carbons (Fsp3) is 0.333. The first-order valence-electron chi connectivity index (χ1n) is 8.64. The van der Waals surface area contributed by atoms with E-state index >= 15 is 0 Å². The molecular weight excluding hydrogens is 316 g/mol. The summed E-state index contributed by atoms with van der Waals surface area (Å²) in [6, 6.07) is 15.0. The predicted molar refractivity (Wildman–Crippen MR) is 94.6 cm³/mol. The Morgan fingerprint density at radius 1 is 1.12 bits per heavy atom. The van der Waals surface area contributed by atoms with Crippen LogP contribution in [0.2, 0.25) is 0 Å². The van der Waals surface area contributed by atoms with E-state index in [-0.39, 0.29) is 5.78 Å². The van der Waals surface area contributed by atoms with Crippen molar-refractivity contribution in [3.8, 4) is 5.75 Å². The number of hydrogen-bond donors (Lipinski definition) is 0. The number of rotatable bonds is 5. The van der Waals surface area contributed by atoms with E-state index in [1.54, 1.807) is 24.3 Å². The molecule has 0 aromatic heterocycles. The average molecular weight is 338 g/mol. The predicted octanol–water partition coefficient (Wildman–Crippen LogP) is 4.24. The Morgan fingerprint density at radius 3 is 2.76 bits per heavy atom. The third-order valence-corrected chi connectivity index (χ3v) is 4.31. The molecule has 1 aliphatic rings. The van der Waals surface area contributed by atoms with Crippen molar-refractivity contribution in [3.63, 3.8) is 0 Å². The van der Waals surface area contributed by atoms with Gasteiger partial charge in [-0.15, -0.1) is 0 Å². The van der Waals surface area contributed by atoms with Crippen LogP contribution >= 0.6 is 0 Å². The number of esters is 1. The molecule has 1 unspecified atom stereocenters. The van der Waals surface area contributed by atoms with Crippen molar-refractivity contribution in [2.45, 2.75) is 45.3 Å². The smallest absolute Gasteiger partial charge is 0.338 e. The maximum absolute atomic E-state index is 12.3. The molecule has 0 saturated heterocycles. The molecule has 0 aliphatic heterocycles. The molecule has 0 radical (unpaired) electrons. The van der Waals surface area contributed by atoms with E-state index in [1.165, 1.54) is 5.56 Å². The van der Waals surface area contributed by atoms with Gasteiger partial charge in [-0.25, -0.2) is 4.79 Å². The van der Waals surface area contributed by atoms with Crippen molar-refractivity contribution in [1.29, 1.82) is 0 Å². The van der Waals surface area contributed by atoms with Gasteiger partial charge in [0.05, 0.1) is 5.56 Å². The zero-order valence-corrected chi connectivity index (χ0v) is 14.4. The minimum Gasteiger partial charge on any atom is -0.489 e. The standard InChI is InChI=1S/C21H22O4/c1-15-6-4-7-16(12-15)14-24-18-9-5-8-17(13-18)21(23)25-20-11-3-2-10-19(20)22/h4-9,12-13,20H,2-3,10-11,14H2,1H3. The highest BCUT2D eigenvalue weighted by atomic mass is 16.5. The Labute approximate surface area is 147 Å². The summed E-state index contributed by atoms with van der Waals surface area (Å²) in [6.45, 7) is 2.47. The van der Waals surface area contributed by atoms with E-state index in [0.29, 0.717) is 30.8 Å². The van der Waals surface area contributed by atoms with Crippen molar-refractivity contribution in [2.24, 2.45) is 0 Å². The Balaban J connectivity index is 1.62. The summed E-state index contributed by atoms with van der Waals surface area (Å²) in [5.41, 5.74) is 2.65. The van der Waals surface area contributed by atoms with Crippen LogP contribution < -0.4 is 4.74 Å². The quantitative estimate of drug-likeness (QED) is 0.765. The Hall–Kier alpha value is -2.62. The van der Waals surface area contributed by atoms with Crippen LogP contribution in [-0.4, -0.2) is 17.9 Å². The van der Waals surface area contributed by atoms with Crippen molar-refractivity contribution < 1.29 is 19.1 Å². The van der Waals surface area contributed by atoms with E-state index in [4.69, 9.17) is 9.47 Å². The van der Waals surface area contributed by atoms with Gasteiger partial charge in [0.25, 0.3) is 0 Å². The van der Waals surface area contributed by atoms with Crippen LogP contribution in [0, 0.1) is 6.92 Å². The van der Waals surface area contributed by atoms with Gasteiger partial charge in [0.2, 0.25) is 0 Å². The number of aryl methyl sites for hydroxylation is 1. The molecule has 0 spiro atoms. The van der Waals surface area contributed by atoms with E-state index in [0.717, 1.165) is 18.4 Å². The minimum atomic E-state index is -0.599. The number of benzene rings is 2. The van der Waals surface area contributed by atoms with Crippen molar-refractivity contribution >= 4 is 11.8 Å². The van der Waals surface area contributed by atoms with E-state index in [2.05, 4.69) is 6.07 Å². The second-order valence-electron chi connectivity index (χ2n) is 6.41. The van der Waals surface area contributed by atoms with Crippen molar-refractivity contribution in [2.75, 3.05) is 0 Å². The van der Waals surface area contributed by atoms with Gasteiger partial charge in [-0.2, -0.15) is 0 Å². The average Bonchev–Trinajstić information content (AvgIpc) is 2.62. The van der Waals surface area contributed by atoms with Crippen LogP contribution in [0.1, 0.15) is 47.2 Å².